The van der Waals surface area contributed by atoms with E-state index in [0.717, 1.165) is 23.4 Å². The largest absolute Gasteiger partial charge is 0.496 e. The molecule has 0 fully saturated rings. The summed E-state index contributed by atoms with van der Waals surface area (Å²) in [4.78, 5) is 0. The molecule has 0 aliphatic carbocycles. The molecule has 0 aliphatic heterocycles. The number of aryl methyl sites for hydroxylation is 1. The van der Waals surface area contributed by atoms with Crippen molar-refractivity contribution in [2.45, 2.75) is 13.5 Å². The molecule has 0 radical (unpaired) electrons. The molecule has 0 saturated heterocycles. The zero-order chi connectivity index (χ0) is 14.5. The van der Waals surface area contributed by atoms with Crippen molar-refractivity contribution in [3.05, 3.63) is 53.1 Å². The predicted molar refractivity (Wildman–Crippen MR) is 80.6 cm³/mol. The maximum atomic E-state index is 9.06. The highest BCUT2D eigenvalue weighted by Gasteiger charge is 2.10. The Bertz CT molecular complexity index is 657. The van der Waals surface area contributed by atoms with Gasteiger partial charge in [0.1, 0.15) is 5.75 Å². The van der Waals surface area contributed by atoms with Crippen LogP contribution in [0.4, 0.5) is 0 Å². The highest BCUT2D eigenvalue weighted by Crippen LogP contribution is 2.33. The third-order valence-corrected chi connectivity index (χ3v) is 3.29. The number of ether oxygens (including phenoxy) is 1. The highest BCUT2D eigenvalue weighted by atomic mass is 16.5. The smallest absolute Gasteiger partial charge is 0.126 e. The van der Waals surface area contributed by atoms with Crippen molar-refractivity contribution in [2.75, 3.05) is 14.2 Å². The van der Waals surface area contributed by atoms with Crippen LogP contribution in [0.2, 0.25) is 0 Å². The third kappa shape index (κ3) is 2.81. The first kappa shape index (κ1) is 14.1. The second-order valence-electron chi connectivity index (χ2n) is 4.71. The van der Waals surface area contributed by atoms with Crippen LogP contribution in [0.5, 0.6) is 5.75 Å². The van der Waals surface area contributed by atoms with Crippen molar-refractivity contribution in [3.8, 4) is 22.9 Å². The second-order valence-corrected chi connectivity index (χ2v) is 4.71. The van der Waals surface area contributed by atoms with Gasteiger partial charge in [-0.1, -0.05) is 18.2 Å². The minimum atomic E-state index is 0.638. The molecule has 0 heterocycles. The van der Waals surface area contributed by atoms with Crippen LogP contribution in [0.25, 0.3) is 11.1 Å². The fourth-order valence-corrected chi connectivity index (χ4v) is 2.33. The lowest BCUT2D eigenvalue weighted by molar-refractivity contribution is 0.416. The standard InChI is InChI=1S/C17H18N2O/c1-12-8-14(11-19-2)4-6-15(12)16-9-13(10-18)5-7-17(16)20-3/h4-9,19H,11H2,1-3H3. The first-order valence-electron chi connectivity index (χ1n) is 6.52. The molecule has 0 saturated carbocycles. The summed E-state index contributed by atoms with van der Waals surface area (Å²) in [6, 6.07) is 14.0. The maximum absolute atomic E-state index is 9.06. The van der Waals surface area contributed by atoms with Crippen LogP contribution in [0, 0.1) is 18.3 Å². The Morgan fingerprint density at radius 3 is 2.55 bits per heavy atom. The number of hydrogen-bond donors (Lipinski definition) is 1. The summed E-state index contributed by atoms with van der Waals surface area (Å²) in [5.74, 6) is 0.786. The Labute approximate surface area is 119 Å². The molecular formula is C17H18N2O. The van der Waals surface area contributed by atoms with Crippen LogP contribution < -0.4 is 10.1 Å². The number of nitrogens with zero attached hydrogens (tertiary/aromatic N) is 1. The molecule has 2 aromatic rings. The van der Waals surface area contributed by atoms with E-state index in [1.54, 1.807) is 13.2 Å². The summed E-state index contributed by atoms with van der Waals surface area (Å²) in [5, 5.41) is 12.2. The summed E-state index contributed by atoms with van der Waals surface area (Å²) in [7, 11) is 3.58. The Kier molecular flexibility index (Phi) is 4.39. The number of methoxy groups -OCH3 is 1. The van der Waals surface area contributed by atoms with E-state index in [-0.39, 0.29) is 0 Å². The minimum Gasteiger partial charge on any atom is -0.496 e. The Morgan fingerprint density at radius 1 is 1.15 bits per heavy atom. The molecule has 0 aliphatic rings. The van der Waals surface area contributed by atoms with E-state index in [1.165, 1.54) is 11.1 Å². The minimum absolute atomic E-state index is 0.638. The first-order chi connectivity index (χ1) is 9.69. The van der Waals surface area contributed by atoms with Gasteiger partial charge in [0.25, 0.3) is 0 Å². The maximum Gasteiger partial charge on any atom is 0.126 e. The van der Waals surface area contributed by atoms with E-state index in [0.29, 0.717) is 5.56 Å². The van der Waals surface area contributed by atoms with Gasteiger partial charge in [-0.25, -0.2) is 0 Å². The van der Waals surface area contributed by atoms with E-state index >= 15 is 0 Å². The quantitative estimate of drug-likeness (QED) is 0.923. The highest BCUT2D eigenvalue weighted by molar-refractivity contribution is 5.75. The monoisotopic (exact) mass is 266 g/mol. The molecule has 0 amide bonds. The fourth-order valence-electron chi connectivity index (χ4n) is 2.33. The number of benzene rings is 2. The van der Waals surface area contributed by atoms with Gasteiger partial charge in [0, 0.05) is 12.1 Å². The van der Waals surface area contributed by atoms with Crippen LogP contribution in [0.1, 0.15) is 16.7 Å². The average Bonchev–Trinajstić information content (AvgIpc) is 2.47. The lowest BCUT2D eigenvalue weighted by atomic mass is 9.96. The van der Waals surface area contributed by atoms with Crippen LogP contribution in [-0.2, 0) is 6.54 Å². The van der Waals surface area contributed by atoms with Gasteiger partial charge in [0.05, 0.1) is 18.7 Å². The van der Waals surface area contributed by atoms with E-state index in [1.807, 2.05) is 19.2 Å². The molecule has 3 heteroatoms. The van der Waals surface area contributed by atoms with Crippen LogP contribution in [0.3, 0.4) is 0 Å². The van der Waals surface area contributed by atoms with Crippen molar-refractivity contribution >= 4 is 0 Å². The number of hydrogen-bond acceptors (Lipinski definition) is 3. The van der Waals surface area contributed by atoms with Gasteiger partial charge < -0.3 is 10.1 Å². The summed E-state index contributed by atoms with van der Waals surface area (Å²) in [5.41, 5.74) is 5.11. The number of nitriles is 1. The molecule has 1 N–H and O–H groups in total. The molecule has 2 aromatic carbocycles. The molecule has 102 valence electrons. The van der Waals surface area contributed by atoms with E-state index in [2.05, 4.69) is 36.5 Å². The molecular weight excluding hydrogens is 248 g/mol. The Hall–Kier alpha value is -2.31. The summed E-state index contributed by atoms with van der Waals surface area (Å²) >= 11 is 0. The average molecular weight is 266 g/mol. The van der Waals surface area contributed by atoms with Gasteiger partial charge in [-0.2, -0.15) is 5.26 Å². The molecule has 2 rings (SSSR count). The normalized spacial score (nSPS) is 10.1. The van der Waals surface area contributed by atoms with Gasteiger partial charge in [0.2, 0.25) is 0 Å². The van der Waals surface area contributed by atoms with Crippen LogP contribution in [-0.4, -0.2) is 14.2 Å². The topological polar surface area (TPSA) is 45.0 Å². The lowest BCUT2D eigenvalue weighted by Crippen LogP contribution is -2.05. The number of rotatable bonds is 4. The zero-order valence-corrected chi connectivity index (χ0v) is 12.0. The fraction of sp³-hybridized carbons (Fsp3) is 0.235. The summed E-state index contributed by atoms with van der Waals surface area (Å²) < 4.78 is 5.41. The molecule has 3 nitrogen and oxygen atoms in total. The van der Waals surface area contributed by atoms with Crippen LogP contribution in [0.15, 0.2) is 36.4 Å². The van der Waals surface area contributed by atoms with Gasteiger partial charge in [-0.3, -0.25) is 0 Å². The van der Waals surface area contributed by atoms with Gasteiger partial charge >= 0.3 is 0 Å². The Balaban J connectivity index is 2.53. The van der Waals surface area contributed by atoms with E-state index in [9.17, 15) is 0 Å². The zero-order valence-electron chi connectivity index (χ0n) is 12.0. The van der Waals surface area contributed by atoms with E-state index < -0.39 is 0 Å². The van der Waals surface area contributed by atoms with Gasteiger partial charge in [-0.15, -0.1) is 0 Å². The summed E-state index contributed by atoms with van der Waals surface area (Å²) in [6.07, 6.45) is 0. The van der Waals surface area contributed by atoms with Crippen molar-refractivity contribution in [2.24, 2.45) is 0 Å². The second kappa shape index (κ2) is 6.23. The predicted octanol–water partition coefficient (Wildman–Crippen LogP) is 3.26. The Morgan fingerprint density at radius 2 is 1.95 bits per heavy atom. The van der Waals surface area contributed by atoms with Crippen LogP contribution >= 0.6 is 0 Å². The van der Waals surface area contributed by atoms with Crippen molar-refractivity contribution in [1.29, 1.82) is 5.26 Å². The van der Waals surface area contributed by atoms with Crippen molar-refractivity contribution in [3.63, 3.8) is 0 Å². The first-order valence-corrected chi connectivity index (χ1v) is 6.52. The molecule has 0 aromatic heterocycles. The summed E-state index contributed by atoms with van der Waals surface area (Å²) in [6.45, 7) is 2.92. The molecule has 20 heavy (non-hydrogen) atoms. The molecule has 0 bridgehead atoms. The number of nitrogens with one attached hydrogen (secondary N) is 1. The van der Waals surface area contributed by atoms with Gasteiger partial charge in [0.15, 0.2) is 0 Å². The molecule has 0 atom stereocenters. The van der Waals surface area contributed by atoms with Crippen molar-refractivity contribution < 1.29 is 4.74 Å². The third-order valence-electron chi connectivity index (χ3n) is 3.29. The van der Waals surface area contributed by atoms with Gasteiger partial charge in [-0.05, 0) is 48.9 Å². The van der Waals surface area contributed by atoms with E-state index in [4.69, 9.17) is 10.00 Å². The lowest BCUT2D eigenvalue weighted by Gasteiger charge is -2.13. The molecule has 0 spiro atoms. The molecule has 0 unspecified atom stereocenters. The van der Waals surface area contributed by atoms with Crippen molar-refractivity contribution in [1.82, 2.24) is 5.32 Å². The SMILES string of the molecule is CNCc1ccc(-c2cc(C#N)ccc2OC)c(C)c1.